The molecule has 0 aromatic heterocycles. The molecule has 2 aromatic rings. The minimum absolute atomic E-state index is 0.00704. The summed E-state index contributed by atoms with van der Waals surface area (Å²) in [4.78, 5) is 36.9. The topological polar surface area (TPSA) is 86.7 Å². The number of anilines is 2. The molecule has 2 amide bonds. The zero-order valence-electron chi connectivity index (χ0n) is 12.7. The minimum atomic E-state index is -1.14. The second-order valence-corrected chi connectivity index (χ2v) is 6.21. The molecule has 3 rings (SSSR count). The molecule has 0 aliphatic carbocycles. The standard InChI is InChI=1S/C17H12Cl2N2O4/c18-11-5-2-6-12(15(11)19)20-13-8-14(22)21(16(13)23)10-4-1-3-9(7-10)17(24)25/h1-7,13,20H,8H2,(H,24,25)/t13-/m0/s1. The number of hydrogen-bond acceptors (Lipinski definition) is 4. The Morgan fingerprint density at radius 2 is 1.88 bits per heavy atom. The number of benzene rings is 2. The van der Waals surface area contributed by atoms with Crippen molar-refractivity contribution in [3.05, 3.63) is 58.1 Å². The lowest BCUT2D eigenvalue weighted by Gasteiger charge is -2.17. The Kier molecular flexibility index (Phi) is 4.65. The quantitative estimate of drug-likeness (QED) is 0.795. The Morgan fingerprint density at radius 3 is 2.60 bits per heavy atom. The average molecular weight is 379 g/mol. The van der Waals surface area contributed by atoms with Gasteiger partial charge in [0, 0.05) is 0 Å². The summed E-state index contributed by atoms with van der Waals surface area (Å²) in [5, 5.41) is 12.6. The molecule has 0 spiro atoms. The van der Waals surface area contributed by atoms with Crippen molar-refractivity contribution < 1.29 is 19.5 Å². The molecular formula is C17H12Cl2N2O4. The summed E-state index contributed by atoms with van der Waals surface area (Å²) in [6.45, 7) is 0. The number of nitrogens with zero attached hydrogens (tertiary/aromatic N) is 1. The number of hydrogen-bond donors (Lipinski definition) is 2. The smallest absolute Gasteiger partial charge is 0.335 e. The Hall–Kier alpha value is -2.57. The number of carboxylic acid groups (broad SMARTS) is 1. The van der Waals surface area contributed by atoms with Crippen LogP contribution in [0, 0.1) is 0 Å². The van der Waals surface area contributed by atoms with Gasteiger partial charge in [-0.2, -0.15) is 0 Å². The van der Waals surface area contributed by atoms with Crippen LogP contribution in [0.4, 0.5) is 11.4 Å². The number of carbonyl (C=O) groups is 3. The largest absolute Gasteiger partial charge is 0.478 e. The van der Waals surface area contributed by atoms with Gasteiger partial charge in [-0.1, -0.05) is 35.3 Å². The SMILES string of the molecule is O=C(O)c1cccc(N2C(=O)C[C@H](Nc3cccc(Cl)c3Cl)C2=O)c1. The maximum absolute atomic E-state index is 12.6. The van der Waals surface area contributed by atoms with Crippen LogP contribution in [0.1, 0.15) is 16.8 Å². The Balaban J connectivity index is 1.86. The van der Waals surface area contributed by atoms with Crippen molar-refractivity contribution in [2.75, 3.05) is 10.2 Å². The minimum Gasteiger partial charge on any atom is -0.478 e. The van der Waals surface area contributed by atoms with Crippen molar-refractivity contribution in [3.63, 3.8) is 0 Å². The number of rotatable bonds is 4. The van der Waals surface area contributed by atoms with Crippen LogP contribution in [0.15, 0.2) is 42.5 Å². The monoisotopic (exact) mass is 378 g/mol. The van der Waals surface area contributed by atoms with Crippen LogP contribution in [0.2, 0.25) is 10.0 Å². The third-order valence-electron chi connectivity index (χ3n) is 3.78. The van der Waals surface area contributed by atoms with E-state index in [1.807, 2.05) is 0 Å². The van der Waals surface area contributed by atoms with Gasteiger partial charge < -0.3 is 10.4 Å². The highest BCUT2D eigenvalue weighted by molar-refractivity contribution is 6.43. The van der Waals surface area contributed by atoms with Crippen molar-refractivity contribution >= 4 is 52.4 Å². The van der Waals surface area contributed by atoms with Crippen LogP contribution in [-0.4, -0.2) is 28.9 Å². The summed E-state index contributed by atoms with van der Waals surface area (Å²) < 4.78 is 0. The molecule has 1 atom stereocenters. The molecule has 2 N–H and O–H groups in total. The van der Waals surface area contributed by atoms with Gasteiger partial charge in [0.2, 0.25) is 5.91 Å². The predicted molar refractivity (Wildman–Crippen MR) is 94.4 cm³/mol. The summed E-state index contributed by atoms with van der Waals surface area (Å²) >= 11 is 12.0. The molecule has 128 valence electrons. The first-order chi connectivity index (χ1) is 11.9. The third kappa shape index (κ3) is 3.31. The number of amides is 2. The van der Waals surface area contributed by atoms with E-state index in [1.165, 1.54) is 24.3 Å². The van der Waals surface area contributed by atoms with Crippen LogP contribution in [0.5, 0.6) is 0 Å². The van der Waals surface area contributed by atoms with Crippen LogP contribution in [0.25, 0.3) is 0 Å². The molecule has 0 bridgehead atoms. The summed E-state index contributed by atoms with van der Waals surface area (Å²) in [7, 11) is 0. The van der Waals surface area contributed by atoms with Gasteiger partial charge in [0.25, 0.3) is 5.91 Å². The number of carboxylic acids is 1. The number of carbonyl (C=O) groups excluding carboxylic acids is 2. The summed E-state index contributed by atoms with van der Waals surface area (Å²) in [6, 6.07) is 9.79. The molecular weight excluding hydrogens is 367 g/mol. The van der Waals surface area contributed by atoms with Gasteiger partial charge in [-0.15, -0.1) is 0 Å². The van der Waals surface area contributed by atoms with Gasteiger partial charge in [0.15, 0.2) is 0 Å². The Morgan fingerprint density at radius 1 is 1.16 bits per heavy atom. The zero-order chi connectivity index (χ0) is 18.1. The van der Waals surface area contributed by atoms with E-state index in [-0.39, 0.29) is 22.7 Å². The lowest BCUT2D eigenvalue weighted by molar-refractivity contribution is -0.121. The van der Waals surface area contributed by atoms with E-state index in [0.717, 1.165) is 4.90 Å². The lowest BCUT2D eigenvalue weighted by Crippen LogP contribution is -2.35. The second-order valence-electron chi connectivity index (χ2n) is 5.43. The first kappa shape index (κ1) is 17.3. The van der Waals surface area contributed by atoms with Crippen molar-refractivity contribution in [2.24, 2.45) is 0 Å². The van der Waals surface area contributed by atoms with E-state index in [4.69, 9.17) is 28.3 Å². The lowest BCUT2D eigenvalue weighted by atomic mass is 10.2. The molecule has 8 heteroatoms. The first-order valence-electron chi connectivity index (χ1n) is 7.29. The fourth-order valence-corrected chi connectivity index (χ4v) is 2.95. The van der Waals surface area contributed by atoms with Crippen molar-refractivity contribution in [1.29, 1.82) is 0 Å². The number of nitrogens with one attached hydrogen (secondary N) is 1. The predicted octanol–water partition coefficient (Wildman–Crippen LogP) is 3.44. The van der Waals surface area contributed by atoms with Crippen LogP contribution in [0.3, 0.4) is 0 Å². The fourth-order valence-electron chi connectivity index (χ4n) is 2.60. The third-order valence-corrected chi connectivity index (χ3v) is 4.60. The van der Waals surface area contributed by atoms with E-state index in [0.29, 0.717) is 10.7 Å². The molecule has 1 fully saturated rings. The maximum Gasteiger partial charge on any atom is 0.335 e. The van der Waals surface area contributed by atoms with Crippen LogP contribution >= 0.6 is 23.2 Å². The summed E-state index contributed by atoms with van der Waals surface area (Å²) in [6.07, 6.45) is -0.0705. The molecule has 1 saturated heterocycles. The Labute approximate surface area is 153 Å². The molecule has 1 aliphatic heterocycles. The van der Waals surface area contributed by atoms with E-state index in [9.17, 15) is 14.4 Å². The van der Waals surface area contributed by atoms with Crippen molar-refractivity contribution in [1.82, 2.24) is 0 Å². The highest BCUT2D eigenvalue weighted by Gasteiger charge is 2.40. The number of halogens is 2. The van der Waals surface area contributed by atoms with Gasteiger partial charge in [-0.05, 0) is 30.3 Å². The Bertz CT molecular complexity index is 885. The van der Waals surface area contributed by atoms with Crippen molar-refractivity contribution in [2.45, 2.75) is 12.5 Å². The molecule has 6 nitrogen and oxygen atoms in total. The molecule has 1 heterocycles. The van der Waals surface area contributed by atoms with Gasteiger partial charge in [-0.25, -0.2) is 9.69 Å². The highest BCUT2D eigenvalue weighted by Crippen LogP contribution is 2.32. The van der Waals surface area contributed by atoms with E-state index >= 15 is 0 Å². The highest BCUT2D eigenvalue weighted by atomic mass is 35.5. The normalized spacial score (nSPS) is 17.0. The molecule has 0 saturated carbocycles. The number of imide groups is 1. The average Bonchev–Trinajstić information content (AvgIpc) is 2.86. The maximum atomic E-state index is 12.6. The zero-order valence-corrected chi connectivity index (χ0v) is 14.2. The van der Waals surface area contributed by atoms with Crippen LogP contribution in [-0.2, 0) is 9.59 Å². The van der Waals surface area contributed by atoms with E-state index < -0.39 is 23.8 Å². The molecule has 25 heavy (non-hydrogen) atoms. The molecule has 1 aliphatic rings. The molecule has 0 radical (unpaired) electrons. The van der Waals surface area contributed by atoms with E-state index in [1.54, 1.807) is 18.2 Å². The van der Waals surface area contributed by atoms with Crippen LogP contribution < -0.4 is 10.2 Å². The van der Waals surface area contributed by atoms with Gasteiger partial charge >= 0.3 is 5.97 Å². The summed E-state index contributed by atoms with van der Waals surface area (Å²) in [5.74, 6) is -2.05. The molecule has 0 unspecified atom stereocenters. The number of aromatic carboxylic acids is 1. The van der Waals surface area contributed by atoms with E-state index in [2.05, 4.69) is 5.32 Å². The van der Waals surface area contributed by atoms with Gasteiger partial charge in [0.05, 0.1) is 33.4 Å². The van der Waals surface area contributed by atoms with Gasteiger partial charge in [0.1, 0.15) is 6.04 Å². The van der Waals surface area contributed by atoms with Gasteiger partial charge in [-0.3, -0.25) is 9.59 Å². The first-order valence-corrected chi connectivity index (χ1v) is 8.05. The second kappa shape index (κ2) is 6.74. The fraction of sp³-hybridized carbons (Fsp3) is 0.118. The van der Waals surface area contributed by atoms with Crippen molar-refractivity contribution in [3.8, 4) is 0 Å². The summed E-state index contributed by atoms with van der Waals surface area (Å²) in [5.41, 5.74) is 0.658. The molecule has 2 aromatic carbocycles.